The van der Waals surface area contributed by atoms with E-state index in [1.165, 1.54) is 16.8 Å². The molecule has 0 aliphatic carbocycles. The van der Waals surface area contributed by atoms with Gasteiger partial charge in [-0.3, -0.25) is 0 Å². The fraction of sp³-hybridized carbons (Fsp3) is 0.190. The van der Waals surface area contributed by atoms with Crippen LogP contribution in [0.4, 0.5) is 0 Å². The third-order valence-electron chi connectivity index (χ3n) is 4.17. The maximum Gasteiger partial charge on any atom is 0.341 e. The summed E-state index contributed by atoms with van der Waals surface area (Å²) in [6, 6.07) is 8.01. The first-order valence-electron chi connectivity index (χ1n) is 9.43. The fourth-order valence-corrected chi connectivity index (χ4v) is 2.74. The molecular weight excluding hydrogens is 404 g/mol. The Bertz CT molecular complexity index is 1240. The number of pyridine rings is 2. The minimum absolute atomic E-state index is 0.281. The molecule has 0 bridgehead atoms. The molecule has 10 heteroatoms. The highest BCUT2D eigenvalue weighted by Gasteiger charge is 2.16. The van der Waals surface area contributed by atoms with Crippen LogP contribution in [0.1, 0.15) is 44.9 Å². The lowest BCUT2D eigenvalue weighted by atomic mass is 10.2. The van der Waals surface area contributed by atoms with Crippen LogP contribution in [0.5, 0.6) is 0 Å². The molecular formula is C21H20N4O6. The van der Waals surface area contributed by atoms with Crippen LogP contribution in [0.15, 0.2) is 55.1 Å². The van der Waals surface area contributed by atoms with Gasteiger partial charge in [-0.2, -0.15) is 10.2 Å². The van der Waals surface area contributed by atoms with Crippen molar-refractivity contribution in [1.82, 2.24) is 19.2 Å². The lowest BCUT2D eigenvalue weighted by Gasteiger charge is -2.03. The fourth-order valence-electron chi connectivity index (χ4n) is 2.74. The van der Waals surface area contributed by atoms with Gasteiger partial charge in [-0.1, -0.05) is 0 Å². The van der Waals surface area contributed by atoms with Crippen LogP contribution in [0.25, 0.3) is 11.0 Å². The number of hydrogen-bond donors (Lipinski definition) is 1. The Balaban J connectivity index is 0.000000194. The molecule has 0 aliphatic heterocycles. The largest absolute Gasteiger partial charge is 0.478 e. The Kier molecular flexibility index (Phi) is 6.61. The smallest absolute Gasteiger partial charge is 0.341 e. The van der Waals surface area contributed by atoms with E-state index in [4.69, 9.17) is 14.6 Å². The average Bonchev–Trinajstić information content (AvgIpc) is 3.40. The molecule has 0 atom stereocenters. The SMILES string of the molecule is CCOC(=O)c1ccn2ncc(C(=O)OCC)c2c1.O=C(O)c1ccn2nccc2c1. The molecule has 0 saturated carbocycles. The van der Waals surface area contributed by atoms with E-state index in [9.17, 15) is 14.4 Å². The highest BCUT2D eigenvalue weighted by molar-refractivity contribution is 5.99. The summed E-state index contributed by atoms with van der Waals surface area (Å²) in [5, 5.41) is 16.6. The molecule has 0 amide bonds. The number of esters is 2. The lowest BCUT2D eigenvalue weighted by molar-refractivity contribution is 0.0515. The predicted molar refractivity (Wildman–Crippen MR) is 109 cm³/mol. The number of aromatic carboxylic acids is 1. The molecule has 160 valence electrons. The van der Waals surface area contributed by atoms with Crippen LogP contribution >= 0.6 is 0 Å². The molecule has 0 spiro atoms. The summed E-state index contributed by atoms with van der Waals surface area (Å²) in [6.07, 6.45) is 6.27. The van der Waals surface area contributed by atoms with Crippen LogP contribution in [0.2, 0.25) is 0 Å². The first-order valence-corrected chi connectivity index (χ1v) is 9.43. The minimum atomic E-state index is -0.918. The maximum absolute atomic E-state index is 11.7. The van der Waals surface area contributed by atoms with Crippen molar-refractivity contribution in [1.29, 1.82) is 0 Å². The quantitative estimate of drug-likeness (QED) is 0.485. The Morgan fingerprint density at radius 2 is 1.58 bits per heavy atom. The van der Waals surface area contributed by atoms with Crippen LogP contribution in [-0.2, 0) is 9.47 Å². The molecule has 1 N–H and O–H groups in total. The van der Waals surface area contributed by atoms with E-state index >= 15 is 0 Å². The standard InChI is InChI=1S/C13H14N2O4.C8H6N2O2/c1-3-18-12(16)9-5-6-15-11(7-9)10(8-14-15)13(17)19-4-2;11-8(12)6-2-4-10-7(5-6)1-3-9-10/h5-8H,3-4H2,1-2H3;1-5H,(H,11,12). The number of fused-ring (bicyclic) bond motifs is 2. The molecule has 0 aromatic carbocycles. The van der Waals surface area contributed by atoms with Gasteiger partial charge in [0.15, 0.2) is 0 Å². The molecule has 4 aromatic rings. The van der Waals surface area contributed by atoms with Crippen LogP contribution in [-0.4, -0.2) is 55.5 Å². The van der Waals surface area contributed by atoms with E-state index in [0.29, 0.717) is 23.3 Å². The maximum atomic E-state index is 11.7. The normalized spacial score (nSPS) is 10.4. The molecule has 0 fully saturated rings. The van der Waals surface area contributed by atoms with Crippen LogP contribution in [0, 0.1) is 0 Å². The average molecular weight is 424 g/mol. The molecule has 31 heavy (non-hydrogen) atoms. The summed E-state index contributed by atoms with van der Waals surface area (Å²) in [5.74, 6) is -1.81. The number of nitrogens with zero attached hydrogens (tertiary/aromatic N) is 4. The summed E-state index contributed by atoms with van der Waals surface area (Å²) in [4.78, 5) is 33.9. The number of carboxylic acid groups (broad SMARTS) is 1. The van der Waals surface area contributed by atoms with E-state index in [1.807, 2.05) is 0 Å². The summed E-state index contributed by atoms with van der Waals surface area (Å²) < 4.78 is 13.0. The molecule has 4 heterocycles. The molecule has 0 radical (unpaired) electrons. The Hall–Kier alpha value is -4.21. The van der Waals surface area contributed by atoms with Gasteiger partial charge in [0.2, 0.25) is 0 Å². The Morgan fingerprint density at radius 1 is 0.903 bits per heavy atom. The van der Waals surface area contributed by atoms with Crippen molar-refractivity contribution in [3.63, 3.8) is 0 Å². The number of hydrogen-bond acceptors (Lipinski definition) is 7. The number of carbonyl (C=O) groups excluding carboxylic acids is 2. The second kappa shape index (κ2) is 9.53. The Labute approximate surface area is 176 Å². The van der Waals surface area contributed by atoms with Crippen molar-refractivity contribution in [3.8, 4) is 0 Å². The monoisotopic (exact) mass is 424 g/mol. The van der Waals surface area contributed by atoms with Gasteiger partial charge >= 0.3 is 17.9 Å². The van der Waals surface area contributed by atoms with Crippen molar-refractivity contribution in [2.24, 2.45) is 0 Å². The summed E-state index contributed by atoms with van der Waals surface area (Å²) >= 11 is 0. The van der Waals surface area contributed by atoms with Crippen molar-refractivity contribution in [3.05, 3.63) is 71.8 Å². The van der Waals surface area contributed by atoms with E-state index in [1.54, 1.807) is 61.2 Å². The van der Waals surface area contributed by atoms with E-state index in [-0.39, 0.29) is 12.2 Å². The van der Waals surface area contributed by atoms with Gasteiger partial charge in [-0.25, -0.2) is 23.4 Å². The van der Waals surface area contributed by atoms with Gasteiger partial charge in [0.05, 0.1) is 41.6 Å². The van der Waals surface area contributed by atoms with Crippen LogP contribution < -0.4 is 0 Å². The van der Waals surface area contributed by atoms with Crippen molar-refractivity contribution in [2.75, 3.05) is 13.2 Å². The first kappa shape index (κ1) is 21.5. The minimum Gasteiger partial charge on any atom is -0.478 e. The molecule has 0 unspecified atom stereocenters. The highest BCUT2D eigenvalue weighted by Crippen LogP contribution is 2.15. The topological polar surface area (TPSA) is 124 Å². The Morgan fingerprint density at radius 3 is 2.29 bits per heavy atom. The number of carboxylic acids is 1. The van der Waals surface area contributed by atoms with Crippen LogP contribution in [0.3, 0.4) is 0 Å². The second-order valence-electron chi connectivity index (χ2n) is 6.17. The van der Waals surface area contributed by atoms with Gasteiger partial charge < -0.3 is 14.6 Å². The molecule has 4 rings (SSSR count). The molecule has 4 aromatic heterocycles. The number of carbonyl (C=O) groups is 3. The van der Waals surface area contributed by atoms with Gasteiger partial charge in [0.25, 0.3) is 0 Å². The van der Waals surface area contributed by atoms with Gasteiger partial charge in [-0.05, 0) is 44.2 Å². The van der Waals surface area contributed by atoms with Gasteiger partial charge in [0.1, 0.15) is 5.56 Å². The first-order chi connectivity index (χ1) is 14.9. The predicted octanol–water partition coefficient (Wildman–Crippen LogP) is 2.72. The number of rotatable bonds is 5. The van der Waals surface area contributed by atoms with E-state index in [2.05, 4.69) is 10.2 Å². The zero-order valence-corrected chi connectivity index (χ0v) is 16.9. The third-order valence-corrected chi connectivity index (χ3v) is 4.17. The zero-order chi connectivity index (χ0) is 22.4. The lowest BCUT2D eigenvalue weighted by Crippen LogP contribution is -2.07. The zero-order valence-electron chi connectivity index (χ0n) is 16.9. The van der Waals surface area contributed by atoms with Crippen molar-refractivity contribution in [2.45, 2.75) is 13.8 Å². The highest BCUT2D eigenvalue weighted by atomic mass is 16.5. The summed E-state index contributed by atoms with van der Waals surface area (Å²) in [5.41, 5.74) is 2.29. The van der Waals surface area contributed by atoms with Gasteiger partial charge in [0, 0.05) is 18.6 Å². The number of aromatic nitrogens is 4. The second-order valence-corrected chi connectivity index (χ2v) is 6.17. The van der Waals surface area contributed by atoms with E-state index < -0.39 is 17.9 Å². The van der Waals surface area contributed by atoms with E-state index in [0.717, 1.165) is 5.52 Å². The van der Waals surface area contributed by atoms with Crippen molar-refractivity contribution < 1.29 is 29.0 Å². The molecule has 0 aliphatic rings. The van der Waals surface area contributed by atoms with Crippen molar-refractivity contribution >= 4 is 28.9 Å². The molecule has 10 nitrogen and oxygen atoms in total. The summed E-state index contributed by atoms with van der Waals surface area (Å²) in [6.45, 7) is 4.05. The van der Waals surface area contributed by atoms with Gasteiger partial charge in [-0.15, -0.1) is 0 Å². The summed E-state index contributed by atoms with van der Waals surface area (Å²) in [7, 11) is 0. The number of ether oxygens (including phenoxy) is 2. The molecule has 0 saturated heterocycles. The third kappa shape index (κ3) is 4.86.